The highest BCUT2D eigenvalue weighted by molar-refractivity contribution is 5.76. The van der Waals surface area contributed by atoms with Crippen molar-refractivity contribution in [3.63, 3.8) is 0 Å². The van der Waals surface area contributed by atoms with Gasteiger partial charge in [-0.1, -0.05) is 32.3 Å². The van der Waals surface area contributed by atoms with E-state index in [0.29, 0.717) is 6.42 Å². The van der Waals surface area contributed by atoms with Crippen LogP contribution in [-0.4, -0.2) is 16.9 Å². The van der Waals surface area contributed by atoms with Crippen LogP contribution in [0.2, 0.25) is 0 Å². The first-order valence-electron chi connectivity index (χ1n) is 6.90. The number of carbonyl (C=O) groups excluding carboxylic acids is 1. The van der Waals surface area contributed by atoms with Crippen LogP contribution in [0.3, 0.4) is 0 Å². The van der Waals surface area contributed by atoms with E-state index in [1.165, 1.54) is 19.3 Å². The highest BCUT2D eigenvalue weighted by Gasteiger charge is 2.07. The number of rotatable bonds is 8. The molecule has 1 heterocycles. The number of aromatic nitrogens is 1. The number of hydrogen-bond acceptors (Lipinski definition) is 2. The highest BCUT2D eigenvalue weighted by atomic mass is 16.1. The zero-order valence-corrected chi connectivity index (χ0v) is 11.5. The van der Waals surface area contributed by atoms with Crippen LogP contribution in [0.4, 0.5) is 0 Å². The molecule has 0 saturated heterocycles. The number of nitrogens with zero attached hydrogens (tertiary/aromatic N) is 1. The maximum absolute atomic E-state index is 11.7. The molecule has 0 spiro atoms. The van der Waals surface area contributed by atoms with Gasteiger partial charge in [0.2, 0.25) is 5.91 Å². The Morgan fingerprint density at radius 3 is 2.94 bits per heavy atom. The van der Waals surface area contributed by atoms with Crippen LogP contribution >= 0.6 is 0 Å². The molecule has 1 aromatic rings. The van der Waals surface area contributed by atoms with Gasteiger partial charge in [0.1, 0.15) is 0 Å². The molecule has 0 saturated carbocycles. The van der Waals surface area contributed by atoms with E-state index in [4.69, 9.17) is 0 Å². The second-order valence-electron chi connectivity index (χ2n) is 4.83. The normalized spacial score (nSPS) is 12.1. The monoisotopic (exact) mass is 248 g/mol. The molecule has 0 aliphatic rings. The van der Waals surface area contributed by atoms with Crippen molar-refractivity contribution in [2.45, 2.75) is 58.4 Å². The van der Waals surface area contributed by atoms with Crippen molar-refractivity contribution >= 4 is 5.91 Å². The van der Waals surface area contributed by atoms with Crippen LogP contribution in [-0.2, 0) is 11.2 Å². The molecule has 0 aliphatic carbocycles. The van der Waals surface area contributed by atoms with Gasteiger partial charge in [-0.05, 0) is 31.4 Å². The number of pyridine rings is 1. The fourth-order valence-corrected chi connectivity index (χ4v) is 1.92. The third-order valence-electron chi connectivity index (χ3n) is 3.01. The third kappa shape index (κ3) is 6.38. The maximum Gasteiger partial charge on any atom is 0.220 e. The second kappa shape index (κ2) is 8.67. The van der Waals surface area contributed by atoms with E-state index in [1.807, 2.05) is 18.3 Å². The molecular formula is C15H24N2O. The van der Waals surface area contributed by atoms with Gasteiger partial charge >= 0.3 is 0 Å². The minimum atomic E-state index is 0.142. The summed E-state index contributed by atoms with van der Waals surface area (Å²) in [6.45, 7) is 4.27. The van der Waals surface area contributed by atoms with Crippen LogP contribution in [0, 0.1) is 0 Å². The number of nitrogens with one attached hydrogen (secondary N) is 1. The zero-order chi connectivity index (χ0) is 13.2. The Kier molecular flexibility index (Phi) is 7.07. The molecule has 100 valence electrons. The van der Waals surface area contributed by atoms with Crippen LogP contribution in [0.5, 0.6) is 0 Å². The van der Waals surface area contributed by atoms with Gasteiger partial charge in [0.25, 0.3) is 0 Å². The average molecular weight is 248 g/mol. The van der Waals surface area contributed by atoms with E-state index in [0.717, 1.165) is 18.4 Å². The zero-order valence-electron chi connectivity index (χ0n) is 11.5. The molecule has 0 fully saturated rings. The van der Waals surface area contributed by atoms with E-state index >= 15 is 0 Å². The highest BCUT2D eigenvalue weighted by Crippen LogP contribution is 2.04. The lowest BCUT2D eigenvalue weighted by Gasteiger charge is -2.13. The standard InChI is InChI=1S/C15H24N2O/c1-3-4-5-7-13(2)17-15(18)10-9-14-8-6-11-16-12-14/h6,8,11-13H,3-5,7,9-10H2,1-2H3,(H,17,18). The molecule has 1 unspecified atom stereocenters. The first-order chi connectivity index (χ1) is 8.72. The van der Waals surface area contributed by atoms with Crippen molar-refractivity contribution in [3.8, 4) is 0 Å². The molecule has 1 amide bonds. The van der Waals surface area contributed by atoms with Crippen molar-refractivity contribution in [2.75, 3.05) is 0 Å². The van der Waals surface area contributed by atoms with Gasteiger partial charge < -0.3 is 5.32 Å². The minimum Gasteiger partial charge on any atom is -0.354 e. The summed E-state index contributed by atoms with van der Waals surface area (Å²) in [6.07, 6.45) is 9.62. The summed E-state index contributed by atoms with van der Waals surface area (Å²) in [5, 5.41) is 3.05. The molecule has 1 atom stereocenters. The van der Waals surface area contributed by atoms with Crippen LogP contribution in [0.15, 0.2) is 24.5 Å². The van der Waals surface area contributed by atoms with Crippen molar-refractivity contribution in [1.82, 2.24) is 10.3 Å². The Hall–Kier alpha value is -1.38. The molecular weight excluding hydrogens is 224 g/mol. The molecule has 1 aromatic heterocycles. The number of amides is 1. The van der Waals surface area contributed by atoms with Crippen molar-refractivity contribution < 1.29 is 4.79 Å². The van der Waals surface area contributed by atoms with Crippen LogP contribution in [0.25, 0.3) is 0 Å². The average Bonchev–Trinajstić information content (AvgIpc) is 2.38. The maximum atomic E-state index is 11.7. The van der Waals surface area contributed by atoms with Gasteiger partial charge in [-0.15, -0.1) is 0 Å². The fraction of sp³-hybridized carbons (Fsp3) is 0.600. The summed E-state index contributed by atoms with van der Waals surface area (Å²) in [5.41, 5.74) is 1.12. The lowest BCUT2D eigenvalue weighted by molar-refractivity contribution is -0.121. The van der Waals surface area contributed by atoms with Gasteiger partial charge in [0.05, 0.1) is 0 Å². The summed E-state index contributed by atoms with van der Waals surface area (Å²) in [5.74, 6) is 0.142. The summed E-state index contributed by atoms with van der Waals surface area (Å²) < 4.78 is 0. The van der Waals surface area contributed by atoms with Gasteiger partial charge in [-0.3, -0.25) is 9.78 Å². The minimum absolute atomic E-state index is 0.142. The van der Waals surface area contributed by atoms with Gasteiger partial charge in [0.15, 0.2) is 0 Å². The lowest BCUT2D eigenvalue weighted by atomic mass is 10.1. The Morgan fingerprint density at radius 1 is 1.44 bits per heavy atom. The Balaban J connectivity index is 2.17. The second-order valence-corrected chi connectivity index (χ2v) is 4.83. The SMILES string of the molecule is CCCCCC(C)NC(=O)CCc1cccnc1. The van der Waals surface area contributed by atoms with Crippen LogP contribution in [0.1, 0.15) is 51.5 Å². The molecule has 1 N–H and O–H groups in total. The number of hydrogen-bond donors (Lipinski definition) is 1. The number of carbonyl (C=O) groups is 1. The molecule has 0 radical (unpaired) electrons. The summed E-state index contributed by atoms with van der Waals surface area (Å²) in [6, 6.07) is 4.20. The largest absolute Gasteiger partial charge is 0.354 e. The van der Waals surface area contributed by atoms with Crippen molar-refractivity contribution in [1.29, 1.82) is 0 Å². The topological polar surface area (TPSA) is 42.0 Å². The first kappa shape index (κ1) is 14.7. The Labute approximate surface area is 110 Å². The van der Waals surface area contributed by atoms with Crippen molar-refractivity contribution in [3.05, 3.63) is 30.1 Å². The van der Waals surface area contributed by atoms with E-state index in [2.05, 4.69) is 24.1 Å². The molecule has 1 rings (SSSR count). The fourth-order valence-electron chi connectivity index (χ4n) is 1.92. The number of aryl methyl sites for hydroxylation is 1. The molecule has 3 heteroatoms. The summed E-state index contributed by atoms with van der Waals surface area (Å²) in [4.78, 5) is 15.8. The van der Waals surface area contributed by atoms with Gasteiger partial charge in [-0.2, -0.15) is 0 Å². The van der Waals surface area contributed by atoms with Gasteiger partial charge in [-0.25, -0.2) is 0 Å². The smallest absolute Gasteiger partial charge is 0.220 e. The molecule has 0 aliphatic heterocycles. The summed E-state index contributed by atoms with van der Waals surface area (Å²) >= 11 is 0. The van der Waals surface area contributed by atoms with E-state index in [1.54, 1.807) is 6.20 Å². The van der Waals surface area contributed by atoms with Crippen molar-refractivity contribution in [2.24, 2.45) is 0 Å². The van der Waals surface area contributed by atoms with Crippen LogP contribution < -0.4 is 5.32 Å². The molecule has 0 aromatic carbocycles. The molecule has 3 nitrogen and oxygen atoms in total. The molecule has 0 bridgehead atoms. The molecule has 18 heavy (non-hydrogen) atoms. The predicted octanol–water partition coefficient (Wildman–Crippen LogP) is 3.10. The first-order valence-corrected chi connectivity index (χ1v) is 6.90. The lowest BCUT2D eigenvalue weighted by Crippen LogP contribution is -2.32. The third-order valence-corrected chi connectivity index (χ3v) is 3.01. The van der Waals surface area contributed by atoms with Gasteiger partial charge in [0, 0.05) is 24.9 Å². The quantitative estimate of drug-likeness (QED) is 0.718. The Morgan fingerprint density at radius 2 is 2.28 bits per heavy atom. The number of unbranched alkanes of at least 4 members (excludes halogenated alkanes) is 2. The Bertz CT molecular complexity index is 338. The summed E-state index contributed by atoms with van der Waals surface area (Å²) in [7, 11) is 0. The van der Waals surface area contributed by atoms with E-state index in [-0.39, 0.29) is 11.9 Å². The van der Waals surface area contributed by atoms with E-state index < -0.39 is 0 Å². The van der Waals surface area contributed by atoms with E-state index in [9.17, 15) is 4.79 Å². The predicted molar refractivity (Wildman–Crippen MR) is 74.3 cm³/mol.